The van der Waals surface area contributed by atoms with Crippen molar-refractivity contribution in [3.63, 3.8) is 0 Å². The number of ether oxygens (including phenoxy) is 1. The van der Waals surface area contributed by atoms with Crippen LogP contribution in [0.3, 0.4) is 0 Å². The molecular weight excluding hydrogens is 486 g/mol. The van der Waals surface area contributed by atoms with Crippen LogP contribution in [-0.4, -0.2) is 36.2 Å². The Balaban J connectivity index is 1.46. The monoisotopic (exact) mass is 529 g/mol. The molecule has 0 N–H and O–H groups in total. The predicted octanol–water partition coefficient (Wildman–Crippen LogP) is 6.86. The van der Waals surface area contributed by atoms with Crippen LogP contribution in [0.1, 0.15) is 103 Å². The third kappa shape index (κ3) is 4.22. The van der Waals surface area contributed by atoms with E-state index >= 15 is 0 Å². The number of rotatable bonds is 5. The molecule has 1 aromatic rings. The lowest BCUT2D eigenvalue weighted by atomic mass is 9.50. The van der Waals surface area contributed by atoms with E-state index in [1.807, 2.05) is 6.08 Å². The Bertz CT molecular complexity index is 1240. The molecule has 0 spiro atoms. The minimum atomic E-state index is -1.06. The standard InChI is InChI=1S/C34H43NO4/c1-4-31(38)39-34(22(2)36)17-16-30-28-14-10-24-20-26(37)13-15-27(24)32(28)29(21-33(30,34)3)23-8-11-25(12-9-23)35-18-6-5-7-19-35/h8-9,11-12,20,28-30H,4-7,10,13-19,21H2,1-3H3/t28-,29+,30-,33-,34-/m0/s1. The number of esters is 1. The van der Waals surface area contributed by atoms with E-state index in [2.05, 4.69) is 36.1 Å². The van der Waals surface area contributed by atoms with Crippen LogP contribution < -0.4 is 4.90 Å². The number of fused-ring (bicyclic) bond motifs is 4. The summed E-state index contributed by atoms with van der Waals surface area (Å²) < 4.78 is 6.20. The maximum atomic E-state index is 13.4. The maximum absolute atomic E-state index is 13.4. The first-order valence-electron chi connectivity index (χ1n) is 15.3. The van der Waals surface area contributed by atoms with E-state index in [1.165, 1.54) is 47.2 Å². The lowest BCUT2D eigenvalue weighted by molar-refractivity contribution is -0.184. The first kappa shape index (κ1) is 26.5. The van der Waals surface area contributed by atoms with Gasteiger partial charge in [0.1, 0.15) is 0 Å². The van der Waals surface area contributed by atoms with Gasteiger partial charge < -0.3 is 9.64 Å². The molecule has 208 valence electrons. The summed E-state index contributed by atoms with van der Waals surface area (Å²) in [5.74, 6) is 0.742. The van der Waals surface area contributed by atoms with Crippen molar-refractivity contribution in [1.29, 1.82) is 0 Å². The highest BCUT2D eigenvalue weighted by Crippen LogP contribution is 2.67. The fraction of sp³-hybridized carbons (Fsp3) is 0.618. The van der Waals surface area contributed by atoms with Gasteiger partial charge in [0.15, 0.2) is 17.2 Å². The van der Waals surface area contributed by atoms with Crippen LogP contribution in [0, 0.1) is 17.3 Å². The molecule has 1 heterocycles. The van der Waals surface area contributed by atoms with Crippen molar-refractivity contribution in [3.8, 4) is 0 Å². The highest BCUT2D eigenvalue weighted by molar-refractivity contribution is 5.93. The Morgan fingerprint density at radius 1 is 1.03 bits per heavy atom. The topological polar surface area (TPSA) is 63.7 Å². The summed E-state index contributed by atoms with van der Waals surface area (Å²) in [6.07, 6.45) is 11.6. The van der Waals surface area contributed by atoms with E-state index in [0.717, 1.165) is 45.2 Å². The predicted molar refractivity (Wildman–Crippen MR) is 153 cm³/mol. The van der Waals surface area contributed by atoms with Crippen molar-refractivity contribution < 1.29 is 19.1 Å². The van der Waals surface area contributed by atoms with E-state index in [9.17, 15) is 14.4 Å². The second-order valence-corrected chi connectivity index (χ2v) is 12.9. The normalized spacial score (nSPS) is 34.1. The number of hydrogen-bond acceptors (Lipinski definition) is 5. The fourth-order valence-electron chi connectivity index (χ4n) is 9.10. The zero-order valence-electron chi connectivity index (χ0n) is 23.9. The van der Waals surface area contributed by atoms with Crippen molar-refractivity contribution in [2.24, 2.45) is 17.3 Å². The summed E-state index contributed by atoms with van der Waals surface area (Å²) >= 11 is 0. The number of Topliss-reactive ketones (excluding diaryl/α,β-unsaturated/α-hetero) is 1. The Morgan fingerprint density at radius 3 is 2.46 bits per heavy atom. The molecule has 3 fully saturated rings. The van der Waals surface area contributed by atoms with Gasteiger partial charge in [0.25, 0.3) is 0 Å². The fourth-order valence-corrected chi connectivity index (χ4v) is 9.10. The molecule has 1 saturated heterocycles. The second-order valence-electron chi connectivity index (χ2n) is 12.9. The molecule has 1 aliphatic heterocycles. The number of benzene rings is 1. The molecule has 5 heteroatoms. The maximum Gasteiger partial charge on any atom is 0.306 e. The molecule has 0 aromatic heterocycles. The molecule has 2 saturated carbocycles. The molecule has 5 atom stereocenters. The molecule has 0 unspecified atom stereocenters. The lowest BCUT2D eigenvalue weighted by Crippen LogP contribution is -2.57. The van der Waals surface area contributed by atoms with E-state index in [-0.39, 0.29) is 35.8 Å². The summed E-state index contributed by atoms with van der Waals surface area (Å²) in [4.78, 5) is 41.0. The summed E-state index contributed by atoms with van der Waals surface area (Å²) in [6.45, 7) is 7.90. The third-order valence-corrected chi connectivity index (χ3v) is 11.0. The van der Waals surface area contributed by atoms with Gasteiger partial charge in [-0.1, -0.05) is 31.6 Å². The van der Waals surface area contributed by atoms with Crippen molar-refractivity contribution in [2.45, 2.75) is 103 Å². The van der Waals surface area contributed by atoms with Crippen molar-refractivity contribution in [3.05, 3.63) is 52.6 Å². The van der Waals surface area contributed by atoms with Gasteiger partial charge in [0.2, 0.25) is 0 Å². The van der Waals surface area contributed by atoms with Gasteiger partial charge >= 0.3 is 5.97 Å². The van der Waals surface area contributed by atoms with Crippen LogP contribution in [0.15, 0.2) is 47.1 Å². The SMILES string of the molecule is CCC(=O)O[C@]1(C(C)=O)CC[C@H]2[C@@H]3CCC4=CC(=O)CCC4=C3[C@@H](c3ccc(N4CCCCC4)cc3)C[C@@]21C. The van der Waals surface area contributed by atoms with E-state index in [1.54, 1.807) is 13.8 Å². The minimum absolute atomic E-state index is 0.00995. The van der Waals surface area contributed by atoms with Gasteiger partial charge in [-0.2, -0.15) is 0 Å². The Labute approximate surface area is 233 Å². The van der Waals surface area contributed by atoms with Crippen LogP contribution in [0.2, 0.25) is 0 Å². The van der Waals surface area contributed by atoms with Crippen LogP contribution >= 0.6 is 0 Å². The van der Waals surface area contributed by atoms with Crippen molar-refractivity contribution in [2.75, 3.05) is 18.0 Å². The summed E-state index contributed by atoms with van der Waals surface area (Å²) in [5, 5.41) is 0. The highest BCUT2D eigenvalue weighted by Gasteiger charge is 2.67. The summed E-state index contributed by atoms with van der Waals surface area (Å²) in [6, 6.07) is 9.17. The minimum Gasteiger partial charge on any atom is -0.450 e. The number of allylic oxidation sites excluding steroid dienone is 4. The van der Waals surface area contributed by atoms with E-state index in [0.29, 0.717) is 18.8 Å². The van der Waals surface area contributed by atoms with E-state index in [4.69, 9.17) is 4.74 Å². The van der Waals surface area contributed by atoms with Crippen LogP contribution in [0.4, 0.5) is 5.69 Å². The van der Waals surface area contributed by atoms with E-state index < -0.39 is 11.0 Å². The largest absolute Gasteiger partial charge is 0.450 e. The van der Waals surface area contributed by atoms with Gasteiger partial charge in [-0.15, -0.1) is 0 Å². The lowest BCUT2D eigenvalue weighted by Gasteiger charge is -2.55. The molecule has 0 amide bonds. The summed E-state index contributed by atoms with van der Waals surface area (Å²) in [5.41, 5.74) is 5.23. The van der Waals surface area contributed by atoms with Gasteiger partial charge in [-0.3, -0.25) is 14.4 Å². The van der Waals surface area contributed by atoms with Gasteiger partial charge in [-0.05, 0) is 111 Å². The average molecular weight is 530 g/mol. The third-order valence-electron chi connectivity index (χ3n) is 11.0. The Kier molecular flexibility index (Phi) is 6.84. The second kappa shape index (κ2) is 10.1. The number of anilines is 1. The molecule has 4 aliphatic carbocycles. The van der Waals surface area contributed by atoms with Gasteiger partial charge in [0.05, 0.1) is 0 Å². The molecule has 1 aromatic carbocycles. The number of carbonyl (C=O) groups excluding carboxylic acids is 3. The number of carbonyl (C=O) groups is 3. The molecule has 0 bridgehead atoms. The van der Waals surface area contributed by atoms with Crippen molar-refractivity contribution in [1.82, 2.24) is 0 Å². The summed E-state index contributed by atoms with van der Waals surface area (Å²) in [7, 11) is 0. The molecule has 6 rings (SSSR count). The molecular formula is C34H43NO4. The molecule has 5 aliphatic rings. The number of nitrogens with zero attached hydrogens (tertiary/aromatic N) is 1. The average Bonchev–Trinajstić information content (AvgIpc) is 3.25. The number of piperidine rings is 1. The molecule has 39 heavy (non-hydrogen) atoms. The Morgan fingerprint density at radius 2 is 1.77 bits per heavy atom. The zero-order chi connectivity index (χ0) is 27.4. The number of ketones is 2. The van der Waals surface area contributed by atoms with Crippen LogP contribution in [-0.2, 0) is 19.1 Å². The highest BCUT2D eigenvalue weighted by atomic mass is 16.6. The first-order chi connectivity index (χ1) is 18.8. The smallest absolute Gasteiger partial charge is 0.306 e. The van der Waals surface area contributed by atoms with Gasteiger partial charge in [-0.25, -0.2) is 0 Å². The first-order valence-corrected chi connectivity index (χ1v) is 15.3. The zero-order valence-corrected chi connectivity index (χ0v) is 23.9. The van der Waals surface area contributed by atoms with Crippen LogP contribution in [0.5, 0.6) is 0 Å². The molecule has 0 radical (unpaired) electrons. The quantitative estimate of drug-likeness (QED) is 0.390. The Hall–Kier alpha value is -2.69. The van der Waals surface area contributed by atoms with Gasteiger partial charge in [0, 0.05) is 43.0 Å². The van der Waals surface area contributed by atoms with Crippen molar-refractivity contribution >= 4 is 23.2 Å². The number of hydrogen-bond donors (Lipinski definition) is 0. The molecule has 5 nitrogen and oxygen atoms in total. The van der Waals surface area contributed by atoms with Crippen LogP contribution in [0.25, 0.3) is 0 Å².